The third-order valence-corrected chi connectivity index (χ3v) is 4.08. The zero-order valence-corrected chi connectivity index (χ0v) is 9.43. The highest BCUT2D eigenvalue weighted by atomic mass is 32.2. The summed E-state index contributed by atoms with van der Waals surface area (Å²) >= 11 is 3.43. The molecule has 78 valence electrons. The number of rotatable bonds is 3. The Morgan fingerprint density at radius 3 is 2.73 bits per heavy atom. The Morgan fingerprint density at radius 2 is 2.20 bits per heavy atom. The lowest BCUT2D eigenvalue weighted by molar-refractivity contribution is -0.380. The quantitative estimate of drug-likeness (QED) is 0.660. The van der Waals surface area contributed by atoms with Gasteiger partial charge in [-0.15, -0.1) is 10.2 Å². The van der Waals surface area contributed by atoms with Gasteiger partial charge in [0, 0.05) is 0 Å². The standard InChI is InChI=1S/C5H3N5O2S3/c6-3-8-9-5(14-3)15-4-7-1-2(13-4)10(11)12/h1H,(H2,6,8). The van der Waals surface area contributed by atoms with Crippen LogP contribution in [0.25, 0.3) is 0 Å². The summed E-state index contributed by atoms with van der Waals surface area (Å²) in [5.41, 5.74) is 5.39. The van der Waals surface area contributed by atoms with Crippen molar-refractivity contribution in [3.05, 3.63) is 16.3 Å². The SMILES string of the molecule is Nc1nnc(Sc2ncc([N+](=O)[O-])s2)s1. The van der Waals surface area contributed by atoms with Gasteiger partial charge in [-0.3, -0.25) is 10.1 Å². The van der Waals surface area contributed by atoms with Crippen LogP contribution < -0.4 is 5.73 Å². The minimum atomic E-state index is -0.476. The van der Waals surface area contributed by atoms with Crippen molar-refractivity contribution in [2.75, 3.05) is 5.73 Å². The summed E-state index contributed by atoms with van der Waals surface area (Å²) in [5, 5.41) is 18.2. The van der Waals surface area contributed by atoms with E-state index in [0.29, 0.717) is 13.8 Å². The maximum atomic E-state index is 10.4. The molecular weight excluding hydrogens is 258 g/mol. The zero-order chi connectivity index (χ0) is 10.8. The van der Waals surface area contributed by atoms with E-state index in [-0.39, 0.29) is 5.00 Å². The first kappa shape index (κ1) is 10.3. The second kappa shape index (κ2) is 4.08. The number of hydrogen-bond donors (Lipinski definition) is 1. The smallest absolute Gasteiger partial charge is 0.344 e. The zero-order valence-electron chi connectivity index (χ0n) is 6.98. The van der Waals surface area contributed by atoms with Crippen molar-refractivity contribution < 1.29 is 4.92 Å². The van der Waals surface area contributed by atoms with Gasteiger partial charge in [0.05, 0.1) is 4.92 Å². The molecule has 0 saturated carbocycles. The number of nitrogens with zero attached hydrogens (tertiary/aromatic N) is 4. The molecule has 0 radical (unpaired) electrons. The van der Waals surface area contributed by atoms with E-state index in [9.17, 15) is 10.1 Å². The monoisotopic (exact) mass is 261 g/mol. The molecule has 0 aliphatic heterocycles. The summed E-state index contributed by atoms with van der Waals surface area (Å²) in [6, 6.07) is 0. The maximum absolute atomic E-state index is 10.4. The molecule has 2 rings (SSSR count). The van der Waals surface area contributed by atoms with E-state index in [2.05, 4.69) is 15.2 Å². The number of nitro groups is 1. The minimum Gasteiger partial charge on any atom is -0.374 e. The molecule has 0 bridgehead atoms. The van der Waals surface area contributed by atoms with Crippen LogP contribution in [0.15, 0.2) is 14.9 Å². The molecule has 2 aromatic rings. The highest BCUT2D eigenvalue weighted by Gasteiger charge is 2.13. The van der Waals surface area contributed by atoms with Crippen LogP contribution in [0.2, 0.25) is 0 Å². The predicted octanol–water partition coefficient (Wildman–Crippen LogP) is 1.64. The molecule has 7 nitrogen and oxygen atoms in total. The van der Waals surface area contributed by atoms with E-state index in [1.54, 1.807) is 0 Å². The fourth-order valence-corrected chi connectivity index (χ4v) is 3.34. The van der Waals surface area contributed by atoms with E-state index < -0.39 is 4.92 Å². The maximum Gasteiger partial charge on any atom is 0.344 e. The Morgan fingerprint density at radius 1 is 1.40 bits per heavy atom. The van der Waals surface area contributed by atoms with Gasteiger partial charge in [0.25, 0.3) is 0 Å². The van der Waals surface area contributed by atoms with Gasteiger partial charge in [0.2, 0.25) is 5.13 Å². The number of aromatic nitrogens is 3. The summed E-state index contributed by atoms with van der Waals surface area (Å²) in [5.74, 6) is 0. The fraction of sp³-hybridized carbons (Fsp3) is 0. The minimum absolute atomic E-state index is 0.00925. The average Bonchev–Trinajstić information content (AvgIpc) is 2.76. The summed E-state index contributed by atoms with van der Waals surface area (Å²) in [7, 11) is 0. The van der Waals surface area contributed by atoms with Crippen LogP contribution in [0.5, 0.6) is 0 Å². The molecule has 2 N–H and O–H groups in total. The summed E-state index contributed by atoms with van der Waals surface area (Å²) in [6.07, 6.45) is 1.22. The summed E-state index contributed by atoms with van der Waals surface area (Å²) in [6.45, 7) is 0. The van der Waals surface area contributed by atoms with Gasteiger partial charge < -0.3 is 5.73 Å². The molecule has 0 saturated heterocycles. The summed E-state index contributed by atoms with van der Waals surface area (Å²) < 4.78 is 1.18. The number of nitrogens with two attached hydrogens (primary N) is 1. The van der Waals surface area contributed by atoms with Gasteiger partial charge in [-0.1, -0.05) is 11.3 Å². The highest BCUT2D eigenvalue weighted by Crippen LogP contribution is 2.35. The van der Waals surface area contributed by atoms with Crippen molar-refractivity contribution in [3.63, 3.8) is 0 Å². The van der Waals surface area contributed by atoms with Crippen LogP contribution in [0.4, 0.5) is 10.1 Å². The van der Waals surface area contributed by atoms with Gasteiger partial charge in [-0.05, 0) is 23.1 Å². The lowest BCUT2D eigenvalue weighted by Gasteiger charge is -1.85. The number of nitrogen functional groups attached to an aromatic ring is 1. The van der Waals surface area contributed by atoms with Crippen molar-refractivity contribution in [1.29, 1.82) is 0 Å². The van der Waals surface area contributed by atoms with Crippen LogP contribution >= 0.6 is 34.4 Å². The summed E-state index contributed by atoms with van der Waals surface area (Å²) in [4.78, 5) is 13.8. The van der Waals surface area contributed by atoms with Gasteiger partial charge >= 0.3 is 5.00 Å². The lowest BCUT2D eigenvalue weighted by Crippen LogP contribution is -1.80. The van der Waals surface area contributed by atoms with Crippen LogP contribution in [-0.4, -0.2) is 20.1 Å². The topological polar surface area (TPSA) is 108 Å². The van der Waals surface area contributed by atoms with E-state index >= 15 is 0 Å². The van der Waals surface area contributed by atoms with Crippen LogP contribution in [0.3, 0.4) is 0 Å². The van der Waals surface area contributed by atoms with Crippen LogP contribution in [-0.2, 0) is 0 Å². The Bertz CT molecular complexity index is 494. The van der Waals surface area contributed by atoms with E-state index in [1.807, 2.05) is 0 Å². The Labute approximate surface area is 95.5 Å². The first-order chi connectivity index (χ1) is 7.15. The molecule has 0 atom stereocenters. The molecule has 10 heteroatoms. The molecule has 0 aliphatic carbocycles. The van der Waals surface area contributed by atoms with Crippen molar-refractivity contribution in [2.24, 2.45) is 0 Å². The van der Waals surface area contributed by atoms with Gasteiger partial charge in [0.15, 0.2) is 8.68 Å². The van der Waals surface area contributed by atoms with Crippen LogP contribution in [0.1, 0.15) is 0 Å². The van der Waals surface area contributed by atoms with Crippen molar-refractivity contribution in [2.45, 2.75) is 8.68 Å². The number of anilines is 1. The third kappa shape index (κ3) is 2.40. The van der Waals surface area contributed by atoms with E-state index in [1.165, 1.54) is 29.3 Å². The molecule has 0 spiro atoms. The number of hydrogen-bond acceptors (Lipinski definition) is 9. The second-order valence-electron chi connectivity index (χ2n) is 2.23. The van der Waals surface area contributed by atoms with Crippen molar-refractivity contribution in [1.82, 2.24) is 15.2 Å². The number of thiazole rings is 1. The average molecular weight is 261 g/mol. The highest BCUT2D eigenvalue weighted by molar-refractivity contribution is 8.02. The van der Waals surface area contributed by atoms with Crippen molar-refractivity contribution in [3.8, 4) is 0 Å². The van der Waals surface area contributed by atoms with Crippen molar-refractivity contribution >= 4 is 44.6 Å². The molecule has 0 unspecified atom stereocenters. The first-order valence-electron chi connectivity index (χ1n) is 3.52. The molecule has 0 aromatic carbocycles. The third-order valence-electron chi connectivity index (χ3n) is 1.25. The van der Waals surface area contributed by atoms with E-state index in [0.717, 1.165) is 11.3 Å². The molecule has 15 heavy (non-hydrogen) atoms. The molecule has 2 aromatic heterocycles. The van der Waals surface area contributed by atoms with Gasteiger partial charge in [0.1, 0.15) is 6.20 Å². The fourth-order valence-electron chi connectivity index (χ4n) is 0.718. The molecule has 0 amide bonds. The molecule has 2 heterocycles. The Hall–Kier alpha value is -1.26. The predicted molar refractivity (Wildman–Crippen MR) is 57.2 cm³/mol. The molecule has 0 fully saturated rings. The lowest BCUT2D eigenvalue weighted by atomic mass is 10.9. The first-order valence-corrected chi connectivity index (χ1v) is 5.97. The van der Waals surface area contributed by atoms with E-state index in [4.69, 9.17) is 5.73 Å². The molecular formula is C5H3N5O2S3. The second-order valence-corrected chi connectivity index (χ2v) is 5.74. The van der Waals surface area contributed by atoms with Gasteiger partial charge in [-0.2, -0.15) is 0 Å². The Kier molecular flexibility index (Phi) is 2.79. The molecule has 0 aliphatic rings. The van der Waals surface area contributed by atoms with Gasteiger partial charge in [-0.25, -0.2) is 4.98 Å². The largest absolute Gasteiger partial charge is 0.374 e. The Balaban J connectivity index is 2.14. The van der Waals surface area contributed by atoms with Crippen LogP contribution in [0, 0.1) is 10.1 Å². The normalized spacial score (nSPS) is 10.4.